The fraction of sp³-hybridized carbons (Fsp3) is 0.167. The van der Waals surface area contributed by atoms with E-state index in [1.807, 2.05) is 0 Å². The van der Waals surface area contributed by atoms with E-state index in [9.17, 15) is 17.6 Å². The highest BCUT2D eigenvalue weighted by molar-refractivity contribution is 9.10. The van der Waals surface area contributed by atoms with Crippen molar-refractivity contribution >= 4 is 31.8 Å². The Hall–Kier alpha value is -2.58. The van der Waals surface area contributed by atoms with Crippen molar-refractivity contribution in [2.24, 2.45) is 5.14 Å². The number of hydrogen-bond acceptors (Lipinski definition) is 9. The summed E-state index contributed by atoms with van der Waals surface area (Å²) in [6, 6.07) is 3.83. The van der Waals surface area contributed by atoms with Crippen LogP contribution in [0.5, 0.6) is 0 Å². The molecule has 2 heterocycles. The first kappa shape index (κ1) is 18.2. The van der Waals surface area contributed by atoms with Gasteiger partial charge in [-0.25, -0.2) is 31.9 Å². The molecule has 0 bridgehead atoms. The van der Waals surface area contributed by atoms with Crippen molar-refractivity contribution in [2.75, 3.05) is 17.6 Å². The van der Waals surface area contributed by atoms with Crippen LogP contribution in [0.2, 0.25) is 0 Å². The second kappa shape index (κ2) is 6.97. The van der Waals surface area contributed by atoms with Crippen LogP contribution in [0.1, 0.15) is 0 Å². The molecule has 0 unspecified atom stereocenters. The molecule has 0 aliphatic rings. The number of nitrogens with two attached hydrogens (primary N) is 1. The van der Waals surface area contributed by atoms with E-state index < -0.39 is 21.6 Å². The number of hydrogen-bond donors (Lipinski definition) is 2. The van der Waals surface area contributed by atoms with Gasteiger partial charge in [0.25, 0.3) is 0 Å². The van der Waals surface area contributed by atoms with Gasteiger partial charge in [-0.05, 0) is 44.4 Å². The Balaban J connectivity index is 1.98. The van der Waals surface area contributed by atoms with Crippen molar-refractivity contribution in [3.05, 3.63) is 39.0 Å². The van der Waals surface area contributed by atoms with Gasteiger partial charge in [-0.15, -0.1) is 0 Å². The molecule has 14 heteroatoms. The van der Waals surface area contributed by atoms with E-state index in [1.165, 1.54) is 12.1 Å². The number of rotatable bonds is 6. The molecular weight excluding hydrogens is 439 g/mol. The number of aromatic nitrogens is 4. The molecule has 0 atom stereocenters. The van der Waals surface area contributed by atoms with Crippen LogP contribution in [0.25, 0.3) is 17.2 Å². The number of sulfonamides is 1. The van der Waals surface area contributed by atoms with Crippen LogP contribution in [0, 0.1) is 5.82 Å². The molecule has 26 heavy (non-hydrogen) atoms. The monoisotopic (exact) mass is 448 g/mol. The molecule has 0 fully saturated rings. The standard InChI is InChI=1S/C12H10BrFN6O5S/c13-7-5-6(1-2-8(7)14)20-11(19-24-12(20)21)9-10(18-25-17-9)16-3-4-26(15,22)23/h1-2,5H,3-4H2,(H,16,18)(H2,15,22,23). The fourth-order valence-corrected chi connectivity index (χ4v) is 2.77. The van der Waals surface area contributed by atoms with Crippen LogP contribution in [-0.4, -0.2) is 40.8 Å². The Bertz CT molecular complexity index is 1110. The SMILES string of the molecule is NS(=O)(=O)CCNc1nonc1-c1noc(=O)n1-c1ccc(F)c(Br)c1. The lowest BCUT2D eigenvalue weighted by molar-refractivity contribution is 0.309. The molecule has 0 aliphatic carbocycles. The van der Waals surface area contributed by atoms with E-state index >= 15 is 0 Å². The molecule has 3 aromatic rings. The number of nitrogens with one attached hydrogen (secondary N) is 1. The largest absolute Gasteiger partial charge is 0.446 e. The third kappa shape index (κ3) is 3.81. The molecule has 3 N–H and O–H groups in total. The molecule has 2 aromatic heterocycles. The quantitative estimate of drug-likeness (QED) is 0.546. The fourth-order valence-electron chi connectivity index (χ4n) is 2.01. The average molecular weight is 449 g/mol. The van der Waals surface area contributed by atoms with Crippen molar-refractivity contribution in [3.8, 4) is 17.2 Å². The predicted molar refractivity (Wildman–Crippen MR) is 89.5 cm³/mol. The molecule has 3 rings (SSSR count). The van der Waals surface area contributed by atoms with Gasteiger partial charge < -0.3 is 5.32 Å². The van der Waals surface area contributed by atoms with Crippen LogP contribution in [-0.2, 0) is 10.0 Å². The minimum absolute atomic E-state index is 0.00860. The Kier molecular flexibility index (Phi) is 4.88. The summed E-state index contributed by atoms with van der Waals surface area (Å²) >= 11 is 3.03. The lowest BCUT2D eigenvalue weighted by Crippen LogP contribution is -2.22. The van der Waals surface area contributed by atoms with Crippen molar-refractivity contribution in [2.45, 2.75) is 0 Å². The van der Waals surface area contributed by atoms with Crippen molar-refractivity contribution in [1.82, 2.24) is 20.0 Å². The average Bonchev–Trinajstić information content (AvgIpc) is 3.15. The number of halogens is 2. The molecule has 0 aliphatic heterocycles. The molecule has 0 amide bonds. The Morgan fingerprint density at radius 2 is 2.08 bits per heavy atom. The molecule has 0 spiro atoms. The summed E-state index contributed by atoms with van der Waals surface area (Å²) < 4.78 is 45.8. The van der Waals surface area contributed by atoms with Crippen LogP contribution in [0.15, 0.2) is 36.6 Å². The first-order valence-electron chi connectivity index (χ1n) is 6.87. The second-order valence-electron chi connectivity index (χ2n) is 4.96. The molecule has 11 nitrogen and oxygen atoms in total. The Labute approximate surface area is 153 Å². The van der Waals surface area contributed by atoms with Gasteiger partial charge in [0, 0.05) is 6.54 Å². The summed E-state index contributed by atoms with van der Waals surface area (Å²) in [7, 11) is -3.68. The summed E-state index contributed by atoms with van der Waals surface area (Å²) in [6.07, 6.45) is 0. The first-order chi connectivity index (χ1) is 12.3. The number of benzene rings is 1. The summed E-state index contributed by atoms with van der Waals surface area (Å²) in [6.45, 7) is -0.0791. The van der Waals surface area contributed by atoms with Gasteiger partial charge in [0.2, 0.25) is 21.7 Å². The van der Waals surface area contributed by atoms with Gasteiger partial charge in [-0.3, -0.25) is 4.52 Å². The van der Waals surface area contributed by atoms with Gasteiger partial charge in [-0.2, -0.15) is 0 Å². The van der Waals surface area contributed by atoms with Crippen molar-refractivity contribution in [3.63, 3.8) is 0 Å². The second-order valence-corrected chi connectivity index (χ2v) is 7.55. The summed E-state index contributed by atoms with van der Waals surface area (Å²) in [5, 5.41) is 18.4. The normalized spacial score (nSPS) is 11.7. The summed E-state index contributed by atoms with van der Waals surface area (Å²) in [4.78, 5) is 12.0. The van der Waals surface area contributed by atoms with Crippen LogP contribution >= 0.6 is 15.9 Å². The first-order valence-corrected chi connectivity index (χ1v) is 9.38. The smallest absolute Gasteiger partial charge is 0.364 e. The predicted octanol–water partition coefficient (Wildman–Crippen LogP) is 0.478. The zero-order valence-corrected chi connectivity index (χ0v) is 15.1. The maximum absolute atomic E-state index is 13.4. The van der Waals surface area contributed by atoms with Gasteiger partial charge in [0.15, 0.2) is 5.69 Å². The van der Waals surface area contributed by atoms with Gasteiger partial charge in [0.1, 0.15) is 5.82 Å². The molecular formula is C12H10BrFN6O5S. The van der Waals surface area contributed by atoms with Crippen LogP contribution < -0.4 is 16.2 Å². The third-order valence-electron chi connectivity index (χ3n) is 3.15. The highest BCUT2D eigenvalue weighted by atomic mass is 79.9. The van der Waals surface area contributed by atoms with E-state index in [4.69, 9.17) is 5.14 Å². The Morgan fingerprint density at radius 1 is 1.31 bits per heavy atom. The van der Waals surface area contributed by atoms with Gasteiger partial charge >= 0.3 is 5.76 Å². The highest BCUT2D eigenvalue weighted by Crippen LogP contribution is 2.26. The minimum Gasteiger partial charge on any atom is -0.364 e. The highest BCUT2D eigenvalue weighted by Gasteiger charge is 2.23. The third-order valence-corrected chi connectivity index (χ3v) is 4.53. The number of nitrogens with zero attached hydrogens (tertiary/aromatic N) is 4. The maximum atomic E-state index is 13.4. The van der Waals surface area contributed by atoms with Gasteiger partial charge in [0.05, 0.1) is 15.9 Å². The maximum Gasteiger partial charge on any atom is 0.446 e. The van der Waals surface area contributed by atoms with Crippen molar-refractivity contribution in [1.29, 1.82) is 0 Å². The lowest BCUT2D eigenvalue weighted by Gasteiger charge is -2.05. The molecule has 0 saturated carbocycles. The van der Waals surface area contributed by atoms with E-state index in [0.29, 0.717) is 0 Å². The van der Waals surface area contributed by atoms with E-state index in [2.05, 4.69) is 45.9 Å². The van der Waals surface area contributed by atoms with Crippen LogP contribution in [0.3, 0.4) is 0 Å². The van der Waals surface area contributed by atoms with Crippen molar-refractivity contribution < 1.29 is 22.0 Å². The van der Waals surface area contributed by atoms with E-state index in [1.54, 1.807) is 0 Å². The molecule has 1 aromatic carbocycles. The Morgan fingerprint density at radius 3 is 2.77 bits per heavy atom. The topological polar surface area (TPSA) is 159 Å². The summed E-state index contributed by atoms with van der Waals surface area (Å²) in [5.41, 5.74) is 0.240. The number of primary sulfonamides is 1. The minimum atomic E-state index is -3.68. The summed E-state index contributed by atoms with van der Waals surface area (Å²) in [5.74, 6) is -1.79. The molecule has 0 saturated heterocycles. The van der Waals surface area contributed by atoms with Gasteiger partial charge in [-0.1, -0.05) is 5.16 Å². The zero-order valence-electron chi connectivity index (χ0n) is 12.7. The number of anilines is 1. The zero-order chi connectivity index (χ0) is 18.9. The lowest BCUT2D eigenvalue weighted by atomic mass is 10.3. The van der Waals surface area contributed by atoms with Crippen LogP contribution in [0.4, 0.5) is 10.2 Å². The molecule has 0 radical (unpaired) electrons. The van der Waals surface area contributed by atoms with E-state index in [0.717, 1.165) is 10.6 Å². The van der Waals surface area contributed by atoms with E-state index in [-0.39, 0.29) is 39.8 Å². The molecule has 138 valence electrons.